The van der Waals surface area contributed by atoms with Crippen LogP contribution in [0.15, 0.2) is 60.8 Å². The maximum atomic E-state index is 3.50. The van der Waals surface area contributed by atoms with Crippen LogP contribution in [0.3, 0.4) is 0 Å². The Morgan fingerprint density at radius 3 is 2.48 bits per heavy atom. The predicted octanol–water partition coefficient (Wildman–Crippen LogP) is 4.62. The van der Waals surface area contributed by atoms with Crippen molar-refractivity contribution in [2.24, 2.45) is 0 Å². The third kappa shape index (κ3) is 4.02. The average molecular weight is 306 g/mol. The number of para-hydroxylation sites is 1. The van der Waals surface area contributed by atoms with E-state index < -0.39 is 0 Å². The van der Waals surface area contributed by atoms with E-state index in [0.717, 1.165) is 19.5 Å². The van der Waals surface area contributed by atoms with Gasteiger partial charge in [-0.1, -0.05) is 62.4 Å². The summed E-state index contributed by atoms with van der Waals surface area (Å²) in [5.41, 5.74) is 4.14. The van der Waals surface area contributed by atoms with Crippen molar-refractivity contribution in [2.45, 2.75) is 39.3 Å². The third-order valence-corrected chi connectivity index (χ3v) is 4.24. The van der Waals surface area contributed by atoms with E-state index in [1.807, 2.05) is 0 Å². The lowest BCUT2D eigenvalue weighted by molar-refractivity contribution is 0.571. The van der Waals surface area contributed by atoms with Crippen molar-refractivity contribution in [3.63, 3.8) is 0 Å². The first kappa shape index (κ1) is 15.8. The number of hydrogen-bond acceptors (Lipinski definition) is 1. The number of aromatic nitrogens is 1. The molecule has 120 valence electrons. The second-order valence-electron chi connectivity index (χ2n) is 6.50. The lowest BCUT2D eigenvalue weighted by atomic mass is 10.1. The SMILES string of the molecule is CC(C)NCCCc1cn(Cc2ccccc2)c2ccccc12. The number of benzene rings is 2. The van der Waals surface area contributed by atoms with Crippen LogP contribution in [0.2, 0.25) is 0 Å². The molecule has 3 rings (SSSR count). The summed E-state index contributed by atoms with van der Waals surface area (Å²) in [5.74, 6) is 0. The monoisotopic (exact) mass is 306 g/mol. The maximum Gasteiger partial charge on any atom is 0.0486 e. The van der Waals surface area contributed by atoms with Gasteiger partial charge in [0.1, 0.15) is 0 Å². The van der Waals surface area contributed by atoms with E-state index in [0.29, 0.717) is 6.04 Å². The van der Waals surface area contributed by atoms with Crippen LogP contribution in [0.1, 0.15) is 31.4 Å². The van der Waals surface area contributed by atoms with Crippen LogP contribution in [-0.2, 0) is 13.0 Å². The molecule has 0 unspecified atom stereocenters. The summed E-state index contributed by atoms with van der Waals surface area (Å²) >= 11 is 0. The minimum Gasteiger partial charge on any atom is -0.343 e. The second kappa shape index (κ2) is 7.47. The van der Waals surface area contributed by atoms with E-state index >= 15 is 0 Å². The van der Waals surface area contributed by atoms with Crippen LogP contribution in [0.4, 0.5) is 0 Å². The van der Waals surface area contributed by atoms with Gasteiger partial charge in [0, 0.05) is 29.7 Å². The summed E-state index contributed by atoms with van der Waals surface area (Å²) in [6.07, 6.45) is 4.65. The van der Waals surface area contributed by atoms with E-state index in [9.17, 15) is 0 Å². The molecule has 0 spiro atoms. The smallest absolute Gasteiger partial charge is 0.0486 e. The topological polar surface area (TPSA) is 17.0 Å². The molecule has 0 aliphatic heterocycles. The summed E-state index contributed by atoms with van der Waals surface area (Å²) in [4.78, 5) is 0. The number of fused-ring (bicyclic) bond motifs is 1. The Balaban J connectivity index is 1.79. The molecular formula is C21H26N2. The maximum absolute atomic E-state index is 3.50. The van der Waals surface area contributed by atoms with Crippen LogP contribution >= 0.6 is 0 Å². The Bertz CT molecular complexity index is 741. The molecule has 0 saturated carbocycles. The molecule has 0 aliphatic carbocycles. The van der Waals surface area contributed by atoms with Gasteiger partial charge in [-0.2, -0.15) is 0 Å². The summed E-state index contributed by atoms with van der Waals surface area (Å²) in [6, 6.07) is 20.0. The fraction of sp³-hybridized carbons (Fsp3) is 0.333. The Morgan fingerprint density at radius 2 is 1.70 bits per heavy atom. The highest BCUT2D eigenvalue weighted by molar-refractivity contribution is 5.84. The van der Waals surface area contributed by atoms with Crippen LogP contribution in [0.5, 0.6) is 0 Å². The first-order chi connectivity index (χ1) is 11.2. The molecule has 1 heterocycles. The summed E-state index contributed by atoms with van der Waals surface area (Å²) in [5, 5.41) is 4.90. The van der Waals surface area contributed by atoms with Crippen LogP contribution in [0, 0.1) is 0 Å². The molecule has 1 N–H and O–H groups in total. The van der Waals surface area contributed by atoms with Crippen LogP contribution in [0.25, 0.3) is 10.9 Å². The van der Waals surface area contributed by atoms with Crippen molar-refractivity contribution < 1.29 is 0 Å². The zero-order valence-electron chi connectivity index (χ0n) is 14.1. The quantitative estimate of drug-likeness (QED) is 0.630. The standard InChI is InChI=1S/C21H26N2/c1-17(2)22-14-8-11-19-16-23(15-18-9-4-3-5-10-18)21-13-7-6-12-20(19)21/h3-7,9-10,12-13,16-17,22H,8,11,14-15H2,1-2H3. The molecule has 23 heavy (non-hydrogen) atoms. The number of nitrogens with one attached hydrogen (secondary N) is 1. The average Bonchev–Trinajstić information content (AvgIpc) is 2.91. The minimum absolute atomic E-state index is 0.564. The molecule has 2 heteroatoms. The number of rotatable bonds is 7. The molecule has 0 aliphatic rings. The van der Waals surface area contributed by atoms with E-state index in [2.05, 4.69) is 84.5 Å². The van der Waals surface area contributed by atoms with Crippen molar-refractivity contribution in [2.75, 3.05) is 6.54 Å². The predicted molar refractivity (Wildman–Crippen MR) is 98.9 cm³/mol. The molecule has 0 atom stereocenters. The zero-order chi connectivity index (χ0) is 16.1. The molecule has 0 amide bonds. The van der Waals surface area contributed by atoms with Gasteiger partial charge in [-0.05, 0) is 36.6 Å². The van der Waals surface area contributed by atoms with Crippen molar-refractivity contribution in [3.8, 4) is 0 Å². The minimum atomic E-state index is 0.564. The molecule has 0 saturated heterocycles. The fourth-order valence-electron chi connectivity index (χ4n) is 3.10. The number of hydrogen-bond donors (Lipinski definition) is 1. The van der Waals surface area contributed by atoms with Crippen LogP contribution < -0.4 is 5.32 Å². The van der Waals surface area contributed by atoms with E-state index in [1.54, 1.807) is 0 Å². The highest BCUT2D eigenvalue weighted by Gasteiger charge is 2.08. The second-order valence-corrected chi connectivity index (χ2v) is 6.50. The lowest BCUT2D eigenvalue weighted by Crippen LogP contribution is -2.23. The third-order valence-electron chi connectivity index (χ3n) is 4.24. The zero-order valence-corrected chi connectivity index (χ0v) is 14.1. The van der Waals surface area contributed by atoms with Gasteiger partial charge in [0.2, 0.25) is 0 Å². The highest BCUT2D eigenvalue weighted by Crippen LogP contribution is 2.23. The molecule has 0 radical (unpaired) electrons. The number of nitrogens with zero attached hydrogens (tertiary/aromatic N) is 1. The summed E-state index contributed by atoms with van der Waals surface area (Å²) < 4.78 is 2.38. The number of aryl methyl sites for hydroxylation is 1. The van der Waals surface area contributed by atoms with Gasteiger partial charge in [0.15, 0.2) is 0 Å². The van der Waals surface area contributed by atoms with Gasteiger partial charge >= 0.3 is 0 Å². The first-order valence-corrected chi connectivity index (χ1v) is 8.58. The highest BCUT2D eigenvalue weighted by atomic mass is 15.0. The van der Waals surface area contributed by atoms with Crippen molar-refractivity contribution in [1.82, 2.24) is 9.88 Å². The largest absolute Gasteiger partial charge is 0.343 e. The van der Waals surface area contributed by atoms with Crippen molar-refractivity contribution in [3.05, 3.63) is 71.9 Å². The fourth-order valence-corrected chi connectivity index (χ4v) is 3.10. The lowest BCUT2D eigenvalue weighted by Gasteiger charge is -2.07. The molecule has 0 bridgehead atoms. The van der Waals surface area contributed by atoms with E-state index in [-0.39, 0.29) is 0 Å². The first-order valence-electron chi connectivity index (χ1n) is 8.58. The Hall–Kier alpha value is -2.06. The normalized spacial score (nSPS) is 11.4. The van der Waals surface area contributed by atoms with Crippen molar-refractivity contribution in [1.29, 1.82) is 0 Å². The summed E-state index contributed by atoms with van der Waals surface area (Å²) in [6.45, 7) is 6.42. The van der Waals surface area contributed by atoms with Gasteiger partial charge < -0.3 is 9.88 Å². The van der Waals surface area contributed by atoms with Crippen LogP contribution in [-0.4, -0.2) is 17.2 Å². The van der Waals surface area contributed by atoms with E-state index in [4.69, 9.17) is 0 Å². The van der Waals surface area contributed by atoms with Gasteiger partial charge in [0.05, 0.1) is 0 Å². The molecular weight excluding hydrogens is 280 g/mol. The van der Waals surface area contributed by atoms with Gasteiger partial charge in [0.25, 0.3) is 0 Å². The van der Waals surface area contributed by atoms with Crippen molar-refractivity contribution >= 4 is 10.9 Å². The van der Waals surface area contributed by atoms with Gasteiger partial charge in [-0.15, -0.1) is 0 Å². The van der Waals surface area contributed by atoms with Gasteiger partial charge in [-0.3, -0.25) is 0 Å². The van der Waals surface area contributed by atoms with Gasteiger partial charge in [-0.25, -0.2) is 0 Å². The van der Waals surface area contributed by atoms with E-state index in [1.165, 1.54) is 28.5 Å². The summed E-state index contributed by atoms with van der Waals surface area (Å²) in [7, 11) is 0. The molecule has 3 aromatic rings. The molecule has 2 aromatic carbocycles. The molecule has 2 nitrogen and oxygen atoms in total. The Kier molecular flexibility index (Phi) is 5.14. The molecule has 1 aromatic heterocycles. The Labute approximate surface area is 139 Å². The Morgan fingerprint density at radius 1 is 0.957 bits per heavy atom. The molecule has 0 fully saturated rings.